The summed E-state index contributed by atoms with van der Waals surface area (Å²) in [6, 6.07) is 8.50. The molecule has 1 fully saturated rings. The van der Waals surface area contributed by atoms with Crippen molar-refractivity contribution in [2.75, 3.05) is 38.7 Å². The van der Waals surface area contributed by atoms with Gasteiger partial charge in [0.2, 0.25) is 0 Å². The zero-order valence-corrected chi connectivity index (χ0v) is 11.7. The van der Waals surface area contributed by atoms with E-state index in [2.05, 4.69) is 55.1 Å². The van der Waals surface area contributed by atoms with Crippen LogP contribution in [-0.2, 0) is 0 Å². The van der Waals surface area contributed by atoms with E-state index in [9.17, 15) is 5.11 Å². The highest BCUT2D eigenvalue weighted by atomic mass is 16.3. The average Bonchev–Trinajstić information content (AvgIpc) is 2.39. The number of aliphatic hydroxyl groups excluding tert-OH is 1. The summed E-state index contributed by atoms with van der Waals surface area (Å²) in [6.45, 7) is 4.37. The van der Waals surface area contributed by atoms with Crippen LogP contribution < -0.4 is 4.90 Å². The minimum absolute atomic E-state index is 0.0967. The lowest BCUT2D eigenvalue weighted by molar-refractivity contribution is 0.0547. The molecule has 2 rings (SSSR count). The van der Waals surface area contributed by atoms with Crippen molar-refractivity contribution in [2.45, 2.75) is 25.3 Å². The van der Waals surface area contributed by atoms with Crippen LogP contribution in [0.15, 0.2) is 24.3 Å². The number of piperidine rings is 1. The summed E-state index contributed by atoms with van der Waals surface area (Å²) in [7, 11) is 4.13. The second-order valence-electron chi connectivity index (χ2n) is 5.59. The first-order valence-electron chi connectivity index (χ1n) is 6.68. The maximum absolute atomic E-state index is 9.78. The third-order valence-electron chi connectivity index (χ3n) is 4.25. The smallest absolute Gasteiger partial charge is 0.0632 e. The van der Waals surface area contributed by atoms with E-state index in [0.717, 1.165) is 25.9 Å². The van der Waals surface area contributed by atoms with Crippen LogP contribution in [0.5, 0.6) is 0 Å². The zero-order chi connectivity index (χ0) is 13.2. The van der Waals surface area contributed by atoms with Gasteiger partial charge in [0.15, 0.2) is 0 Å². The van der Waals surface area contributed by atoms with Gasteiger partial charge >= 0.3 is 0 Å². The van der Waals surface area contributed by atoms with Gasteiger partial charge in [-0.15, -0.1) is 0 Å². The predicted octanol–water partition coefficient (Wildman–Crippen LogP) is 1.89. The first-order valence-corrected chi connectivity index (χ1v) is 6.68. The van der Waals surface area contributed by atoms with Crippen molar-refractivity contribution in [3.63, 3.8) is 0 Å². The molecule has 0 saturated carbocycles. The molecule has 1 N–H and O–H groups in total. The van der Waals surface area contributed by atoms with E-state index in [-0.39, 0.29) is 12.1 Å². The fourth-order valence-electron chi connectivity index (χ4n) is 2.87. The van der Waals surface area contributed by atoms with Gasteiger partial charge in [-0.05, 0) is 45.5 Å². The van der Waals surface area contributed by atoms with Gasteiger partial charge < -0.3 is 10.0 Å². The Balaban J connectivity index is 2.24. The van der Waals surface area contributed by atoms with Gasteiger partial charge in [-0.25, -0.2) is 0 Å². The van der Waals surface area contributed by atoms with Crippen molar-refractivity contribution in [1.82, 2.24) is 4.90 Å². The third kappa shape index (κ3) is 2.38. The van der Waals surface area contributed by atoms with Crippen molar-refractivity contribution >= 4 is 5.69 Å². The number of aryl methyl sites for hydroxylation is 1. The molecule has 3 heteroatoms. The van der Waals surface area contributed by atoms with E-state index in [0.29, 0.717) is 0 Å². The highest BCUT2D eigenvalue weighted by Crippen LogP contribution is 2.30. The molecule has 0 amide bonds. The minimum atomic E-state index is -0.0967. The van der Waals surface area contributed by atoms with Crippen LogP contribution in [-0.4, -0.2) is 49.3 Å². The molecule has 1 unspecified atom stereocenters. The van der Waals surface area contributed by atoms with Crippen LogP contribution in [0.4, 0.5) is 5.69 Å². The molecular formula is C15H24N2O. The minimum Gasteiger partial charge on any atom is -0.394 e. The Bertz CT molecular complexity index is 405. The lowest BCUT2D eigenvalue weighted by atomic mass is 9.88. The van der Waals surface area contributed by atoms with Gasteiger partial charge in [-0.3, -0.25) is 4.90 Å². The van der Waals surface area contributed by atoms with Crippen molar-refractivity contribution in [3.8, 4) is 0 Å². The molecule has 0 aromatic heterocycles. The Morgan fingerprint density at radius 2 is 2.06 bits per heavy atom. The molecule has 3 nitrogen and oxygen atoms in total. The monoisotopic (exact) mass is 248 g/mol. The van der Waals surface area contributed by atoms with Crippen LogP contribution in [0.2, 0.25) is 0 Å². The van der Waals surface area contributed by atoms with Gasteiger partial charge in [0.25, 0.3) is 0 Å². The summed E-state index contributed by atoms with van der Waals surface area (Å²) in [5, 5.41) is 9.78. The molecule has 1 saturated heterocycles. The number of para-hydroxylation sites is 1. The molecule has 0 bridgehead atoms. The molecule has 100 valence electrons. The Morgan fingerprint density at radius 1 is 1.33 bits per heavy atom. The quantitative estimate of drug-likeness (QED) is 0.885. The van der Waals surface area contributed by atoms with Crippen molar-refractivity contribution < 1.29 is 5.11 Å². The molecule has 1 atom stereocenters. The SMILES string of the molecule is Cc1ccccc1N1CCCC(CO)(N(C)C)C1. The zero-order valence-electron chi connectivity index (χ0n) is 11.7. The van der Waals surface area contributed by atoms with Crippen LogP contribution in [0.1, 0.15) is 18.4 Å². The second-order valence-corrected chi connectivity index (χ2v) is 5.59. The normalized spacial score (nSPS) is 24.6. The lowest BCUT2D eigenvalue weighted by Gasteiger charge is -2.47. The Kier molecular flexibility index (Phi) is 3.93. The Hall–Kier alpha value is -1.06. The van der Waals surface area contributed by atoms with E-state index in [4.69, 9.17) is 0 Å². The fraction of sp³-hybridized carbons (Fsp3) is 0.600. The first kappa shape index (κ1) is 13.4. The topological polar surface area (TPSA) is 26.7 Å². The molecule has 1 aliphatic heterocycles. The maximum atomic E-state index is 9.78. The Morgan fingerprint density at radius 3 is 2.67 bits per heavy atom. The van der Waals surface area contributed by atoms with E-state index in [1.54, 1.807) is 0 Å². The summed E-state index contributed by atoms with van der Waals surface area (Å²) in [5.41, 5.74) is 2.52. The van der Waals surface area contributed by atoms with Gasteiger partial charge in [-0.2, -0.15) is 0 Å². The summed E-state index contributed by atoms with van der Waals surface area (Å²) in [4.78, 5) is 4.59. The van der Waals surface area contributed by atoms with Crippen LogP contribution in [0, 0.1) is 6.92 Å². The number of hydrogen-bond donors (Lipinski definition) is 1. The highest BCUT2D eigenvalue weighted by molar-refractivity contribution is 5.53. The number of likely N-dealkylation sites (N-methyl/N-ethyl adjacent to an activating group) is 1. The molecule has 1 heterocycles. The number of rotatable bonds is 3. The van der Waals surface area contributed by atoms with Crippen LogP contribution >= 0.6 is 0 Å². The number of hydrogen-bond acceptors (Lipinski definition) is 3. The summed E-state index contributed by atoms with van der Waals surface area (Å²) < 4.78 is 0. The number of anilines is 1. The van der Waals surface area contributed by atoms with Gasteiger partial charge in [0.1, 0.15) is 0 Å². The first-order chi connectivity index (χ1) is 8.59. The maximum Gasteiger partial charge on any atom is 0.0632 e. The van der Waals surface area contributed by atoms with E-state index >= 15 is 0 Å². The van der Waals surface area contributed by atoms with Gasteiger partial charge in [-0.1, -0.05) is 18.2 Å². The summed E-state index contributed by atoms with van der Waals surface area (Å²) in [6.07, 6.45) is 2.20. The van der Waals surface area contributed by atoms with Crippen molar-refractivity contribution in [3.05, 3.63) is 29.8 Å². The van der Waals surface area contributed by atoms with E-state index in [1.165, 1.54) is 11.3 Å². The average molecular weight is 248 g/mol. The molecule has 0 aliphatic carbocycles. The van der Waals surface area contributed by atoms with Crippen molar-refractivity contribution in [1.29, 1.82) is 0 Å². The molecule has 1 aromatic rings. The number of nitrogens with zero attached hydrogens (tertiary/aromatic N) is 2. The number of benzene rings is 1. The molecule has 0 spiro atoms. The third-order valence-corrected chi connectivity index (χ3v) is 4.25. The van der Waals surface area contributed by atoms with Crippen molar-refractivity contribution in [2.24, 2.45) is 0 Å². The van der Waals surface area contributed by atoms with Crippen LogP contribution in [0.25, 0.3) is 0 Å². The second kappa shape index (κ2) is 5.29. The van der Waals surface area contributed by atoms with E-state index in [1.807, 2.05) is 0 Å². The summed E-state index contributed by atoms with van der Waals surface area (Å²) >= 11 is 0. The van der Waals surface area contributed by atoms with E-state index < -0.39 is 0 Å². The molecule has 0 radical (unpaired) electrons. The molecule has 1 aliphatic rings. The Labute approximate surface area is 110 Å². The van der Waals surface area contributed by atoms with Gasteiger partial charge in [0, 0.05) is 18.8 Å². The van der Waals surface area contributed by atoms with Gasteiger partial charge in [0.05, 0.1) is 12.1 Å². The molecule has 1 aromatic carbocycles. The highest BCUT2D eigenvalue weighted by Gasteiger charge is 2.37. The lowest BCUT2D eigenvalue weighted by Crippen LogP contribution is -2.58. The molecule has 18 heavy (non-hydrogen) atoms. The predicted molar refractivity (Wildman–Crippen MR) is 76.1 cm³/mol. The largest absolute Gasteiger partial charge is 0.394 e. The fourth-order valence-corrected chi connectivity index (χ4v) is 2.87. The summed E-state index contributed by atoms with van der Waals surface area (Å²) in [5.74, 6) is 0. The number of aliphatic hydroxyl groups is 1. The standard InChI is InChI=1S/C15H24N2O/c1-13-7-4-5-8-14(13)17-10-6-9-15(11-17,12-18)16(2)3/h4-5,7-8,18H,6,9-12H2,1-3H3. The van der Waals surface area contributed by atoms with Crippen LogP contribution in [0.3, 0.4) is 0 Å². The molecular weight excluding hydrogens is 224 g/mol.